The van der Waals surface area contributed by atoms with E-state index in [0.29, 0.717) is 23.6 Å². The summed E-state index contributed by atoms with van der Waals surface area (Å²) < 4.78 is 42.0. The van der Waals surface area contributed by atoms with Gasteiger partial charge in [0.25, 0.3) is 5.56 Å². The van der Waals surface area contributed by atoms with Crippen molar-refractivity contribution in [2.75, 3.05) is 16.8 Å². The maximum atomic E-state index is 13.3. The van der Waals surface area contributed by atoms with Crippen molar-refractivity contribution >= 4 is 35.2 Å². The molecule has 13 nitrogen and oxygen atoms in total. The van der Waals surface area contributed by atoms with Crippen LogP contribution < -0.4 is 37.4 Å². The number of hydrogen-bond donors (Lipinski definition) is 4. The highest BCUT2D eigenvalue weighted by atomic mass is 32.2. The SMILES string of the molecule is CC(=O)Cn1c(=O)c2c(n(C)c1=O)N[C@@H]2N[C@@H](C)C(=O)NC1=CSC(c2cnc(N3CCC[C@H]3C(F)(F)F)nc2)N1. The number of carbonyl (C=O) groups is 2. The zero-order valence-corrected chi connectivity index (χ0v) is 23.1. The molecule has 3 aliphatic rings. The zero-order chi connectivity index (χ0) is 29.6. The summed E-state index contributed by atoms with van der Waals surface area (Å²) in [5, 5.41) is 13.2. The number of alkyl halides is 3. The van der Waals surface area contributed by atoms with Crippen LogP contribution in [0.3, 0.4) is 0 Å². The lowest BCUT2D eigenvalue weighted by Crippen LogP contribution is -2.55. The number of nitrogens with zero attached hydrogens (tertiary/aromatic N) is 5. The number of halogens is 3. The van der Waals surface area contributed by atoms with Crippen LogP contribution in [0, 0.1) is 0 Å². The number of amides is 1. The molecule has 17 heteroatoms. The summed E-state index contributed by atoms with van der Waals surface area (Å²) in [4.78, 5) is 59.1. The monoisotopic (exact) mass is 595 g/mol. The smallest absolute Gasteiger partial charge is 0.355 e. The molecule has 0 aromatic carbocycles. The molecule has 0 aliphatic carbocycles. The Bertz CT molecular complexity index is 1520. The average Bonchev–Trinajstić information content (AvgIpc) is 3.58. The van der Waals surface area contributed by atoms with E-state index in [1.807, 2.05) is 0 Å². The molecular formula is C24H28F3N9O4S. The zero-order valence-electron chi connectivity index (χ0n) is 22.3. The topological polar surface area (TPSA) is 155 Å². The summed E-state index contributed by atoms with van der Waals surface area (Å²) in [6.07, 6.45) is -1.71. The maximum Gasteiger partial charge on any atom is 0.408 e. The van der Waals surface area contributed by atoms with Gasteiger partial charge in [0.15, 0.2) is 0 Å². The second kappa shape index (κ2) is 10.8. The molecule has 0 spiro atoms. The first-order chi connectivity index (χ1) is 19.3. The number of nitrogens with one attached hydrogen (secondary N) is 4. The highest BCUT2D eigenvalue weighted by Crippen LogP contribution is 2.36. The van der Waals surface area contributed by atoms with Crippen molar-refractivity contribution in [3.8, 4) is 0 Å². The van der Waals surface area contributed by atoms with Crippen molar-refractivity contribution in [1.29, 1.82) is 0 Å². The second-order valence-electron chi connectivity index (χ2n) is 10.1. The van der Waals surface area contributed by atoms with Crippen LogP contribution >= 0.6 is 11.8 Å². The number of fused-ring (bicyclic) bond motifs is 1. The average molecular weight is 596 g/mol. The Morgan fingerprint density at radius 1 is 1.22 bits per heavy atom. The molecule has 1 amide bonds. The minimum atomic E-state index is -4.35. The van der Waals surface area contributed by atoms with E-state index in [9.17, 15) is 32.3 Å². The van der Waals surface area contributed by atoms with Crippen molar-refractivity contribution < 1.29 is 22.8 Å². The Balaban J connectivity index is 1.17. The third-order valence-corrected chi connectivity index (χ3v) is 8.09. The highest BCUT2D eigenvalue weighted by Gasteiger charge is 2.47. The van der Waals surface area contributed by atoms with Crippen molar-refractivity contribution in [3.05, 3.63) is 55.6 Å². The van der Waals surface area contributed by atoms with E-state index in [1.54, 1.807) is 12.3 Å². The lowest BCUT2D eigenvalue weighted by molar-refractivity contribution is -0.146. The van der Waals surface area contributed by atoms with E-state index in [0.717, 1.165) is 4.57 Å². The van der Waals surface area contributed by atoms with Gasteiger partial charge in [-0.25, -0.2) is 14.8 Å². The quantitative estimate of drug-likeness (QED) is 0.343. The molecule has 5 heterocycles. The first-order valence-corrected chi connectivity index (χ1v) is 13.7. The van der Waals surface area contributed by atoms with Gasteiger partial charge in [0.1, 0.15) is 35.0 Å². The van der Waals surface area contributed by atoms with Crippen LogP contribution in [-0.2, 0) is 23.2 Å². The predicted octanol–water partition coefficient (Wildman–Crippen LogP) is 0.810. The molecule has 1 fully saturated rings. The molecule has 1 saturated heterocycles. The number of aromatic nitrogens is 4. The number of thioether (sulfide) groups is 1. The number of rotatable bonds is 8. The van der Waals surface area contributed by atoms with Crippen LogP contribution in [0.2, 0.25) is 0 Å². The van der Waals surface area contributed by atoms with Gasteiger partial charge in [-0.2, -0.15) is 13.2 Å². The van der Waals surface area contributed by atoms with E-state index in [4.69, 9.17) is 0 Å². The fourth-order valence-electron chi connectivity index (χ4n) is 4.94. The molecule has 220 valence electrons. The molecule has 41 heavy (non-hydrogen) atoms. The number of ketones is 1. The van der Waals surface area contributed by atoms with Crippen LogP contribution in [0.15, 0.2) is 33.2 Å². The number of hydrogen-bond acceptors (Lipinski definition) is 11. The van der Waals surface area contributed by atoms with Gasteiger partial charge in [0.05, 0.1) is 18.2 Å². The van der Waals surface area contributed by atoms with Crippen LogP contribution in [0.1, 0.15) is 49.4 Å². The number of Topliss-reactive ketones (excluding diaryl/α,β-unsaturated/α-hetero) is 1. The van der Waals surface area contributed by atoms with Crippen molar-refractivity contribution in [3.63, 3.8) is 0 Å². The van der Waals surface area contributed by atoms with Crippen molar-refractivity contribution in [1.82, 2.24) is 35.1 Å². The van der Waals surface area contributed by atoms with Gasteiger partial charge >= 0.3 is 11.9 Å². The molecule has 0 bridgehead atoms. The summed E-state index contributed by atoms with van der Waals surface area (Å²) in [5.41, 5.74) is -0.348. The van der Waals surface area contributed by atoms with Crippen molar-refractivity contribution in [2.45, 2.75) is 63.0 Å². The fraction of sp³-hybridized carbons (Fsp3) is 0.500. The molecule has 4 atom stereocenters. The summed E-state index contributed by atoms with van der Waals surface area (Å²) in [5.74, 6) is 0.000370. The predicted molar refractivity (Wildman–Crippen MR) is 144 cm³/mol. The lowest BCUT2D eigenvalue weighted by atomic mass is 10.1. The van der Waals surface area contributed by atoms with Gasteiger partial charge < -0.3 is 20.9 Å². The molecule has 4 N–H and O–H groups in total. The molecule has 5 rings (SSSR count). The Morgan fingerprint density at radius 2 is 1.93 bits per heavy atom. The first kappa shape index (κ1) is 28.7. The maximum absolute atomic E-state index is 13.3. The van der Waals surface area contributed by atoms with Crippen LogP contribution in [0.4, 0.5) is 24.9 Å². The van der Waals surface area contributed by atoms with Gasteiger partial charge in [-0.15, -0.1) is 11.8 Å². The minimum absolute atomic E-state index is 0.00974. The first-order valence-electron chi connectivity index (χ1n) is 12.8. The molecule has 0 radical (unpaired) electrons. The third kappa shape index (κ3) is 5.55. The third-order valence-electron chi connectivity index (χ3n) is 7.06. The summed E-state index contributed by atoms with van der Waals surface area (Å²) in [6.45, 7) is 2.77. The van der Waals surface area contributed by atoms with E-state index < -0.39 is 41.6 Å². The largest absolute Gasteiger partial charge is 0.408 e. The highest BCUT2D eigenvalue weighted by molar-refractivity contribution is 8.02. The van der Waals surface area contributed by atoms with Crippen LogP contribution in [0.5, 0.6) is 0 Å². The Labute approximate surface area is 235 Å². The van der Waals surface area contributed by atoms with Gasteiger partial charge in [0.2, 0.25) is 11.9 Å². The molecule has 2 aromatic heterocycles. The summed E-state index contributed by atoms with van der Waals surface area (Å²) in [7, 11) is 1.48. The molecule has 3 aliphatic heterocycles. The van der Waals surface area contributed by atoms with E-state index >= 15 is 0 Å². The van der Waals surface area contributed by atoms with Crippen LogP contribution in [0.25, 0.3) is 0 Å². The van der Waals surface area contributed by atoms with Gasteiger partial charge in [0, 0.05) is 37.0 Å². The van der Waals surface area contributed by atoms with E-state index in [-0.39, 0.29) is 42.2 Å². The van der Waals surface area contributed by atoms with E-state index in [2.05, 4.69) is 31.2 Å². The van der Waals surface area contributed by atoms with Gasteiger partial charge in [-0.3, -0.25) is 28.8 Å². The normalized spacial score (nSPS) is 22.2. The van der Waals surface area contributed by atoms with Gasteiger partial charge in [-0.1, -0.05) is 0 Å². The Hall–Kier alpha value is -3.86. The van der Waals surface area contributed by atoms with Gasteiger partial charge in [-0.05, 0) is 26.7 Å². The number of anilines is 2. The number of carbonyl (C=O) groups excluding carboxylic acids is 2. The Kier molecular flexibility index (Phi) is 7.58. The fourth-order valence-corrected chi connectivity index (χ4v) is 5.82. The van der Waals surface area contributed by atoms with E-state index in [1.165, 1.54) is 47.6 Å². The second-order valence-corrected chi connectivity index (χ2v) is 11.0. The van der Waals surface area contributed by atoms with Crippen LogP contribution in [-0.4, -0.2) is 55.6 Å². The van der Waals surface area contributed by atoms with Crippen molar-refractivity contribution in [2.24, 2.45) is 7.05 Å². The Morgan fingerprint density at radius 3 is 2.59 bits per heavy atom. The molecular weight excluding hydrogens is 567 g/mol. The minimum Gasteiger partial charge on any atom is -0.355 e. The summed E-state index contributed by atoms with van der Waals surface area (Å²) in [6, 6.07) is -2.36. The lowest BCUT2D eigenvalue weighted by Gasteiger charge is -2.35. The standard InChI is InChI=1S/C24H28F3N9O4S/c1-11(37)9-36-21(39)16-17(33-18(16)34(3)23(36)40)30-12(2)19(38)31-15-10-41-20(32-15)13-7-28-22(29-8-13)35-6-4-5-14(35)24(25,26)27/h7-8,10,12,14,17,20,30,32-33H,4-6,9H2,1-3H3,(H,31,38)/t12-,14-,17-,20?/m0/s1. The molecule has 1 unspecified atom stereocenters. The molecule has 0 saturated carbocycles. The summed E-state index contributed by atoms with van der Waals surface area (Å²) >= 11 is 1.33. The molecule has 2 aromatic rings.